The summed E-state index contributed by atoms with van der Waals surface area (Å²) in [6, 6.07) is 0. The van der Waals surface area contributed by atoms with Crippen LogP contribution >= 0.6 is 0 Å². The molecule has 0 aromatic heterocycles. The Morgan fingerprint density at radius 3 is 2.26 bits per heavy atom. The van der Waals surface area contributed by atoms with Crippen LogP contribution in [0.15, 0.2) is 0 Å². The smallest absolute Gasteiger partial charge is 0.156 e. The van der Waals surface area contributed by atoms with Gasteiger partial charge in [-0.15, -0.1) is 0 Å². The van der Waals surface area contributed by atoms with Crippen molar-refractivity contribution in [2.45, 2.75) is 69.0 Å². The van der Waals surface area contributed by atoms with Crippen LogP contribution in [0.3, 0.4) is 0 Å². The molecule has 1 fully saturated rings. The summed E-state index contributed by atoms with van der Waals surface area (Å²) in [6.07, 6.45) is 5.73. The summed E-state index contributed by atoms with van der Waals surface area (Å²) >= 11 is 0. The molecule has 0 aromatic rings. The lowest BCUT2D eigenvalue weighted by atomic mass is 10.1. The van der Waals surface area contributed by atoms with Gasteiger partial charge in [0, 0.05) is 16.6 Å². The topological polar surface area (TPSA) is 71.4 Å². The highest BCUT2D eigenvalue weighted by Crippen LogP contribution is 2.26. The number of aliphatic hydroxyl groups is 1. The van der Waals surface area contributed by atoms with Gasteiger partial charge in [-0.2, -0.15) is 0 Å². The maximum atomic E-state index is 12.1. The molecule has 1 aliphatic rings. The molecule has 1 aliphatic heterocycles. The summed E-state index contributed by atoms with van der Waals surface area (Å²) in [5, 5.41) is 8.49. The average Bonchev–Trinajstić information content (AvgIpc) is 2.53. The molecule has 0 bridgehead atoms. The fourth-order valence-corrected chi connectivity index (χ4v) is 6.76. The van der Waals surface area contributed by atoms with Crippen molar-refractivity contribution < 1.29 is 17.7 Å². The molecule has 1 N–H and O–H groups in total. The molecule has 1 heterocycles. The van der Waals surface area contributed by atoms with Gasteiger partial charge >= 0.3 is 0 Å². The van der Waals surface area contributed by atoms with E-state index in [0.29, 0.717) is 5.75 Å². The summed E-state index contributed by atoms with van der Waals surface area (Å²) < 4.78 is 35.4. The van der Waals surface area contributed by atoms with Crippen molar-refractivity contribution in [3.63, 3.8) is 0 Å². The molecule has 1 rings (SSSR count). The van der Waals surface area contributed by atoms with E-state index in [-0.39, 0.29) is 5.75 Å². The summed E-state index contributed by atoms with van der Waals surface area (Å²) in [5.74, 6) is 0.273. The molecule has 114 valence electrons. The average molecular weight is 310 g/mol. The zero-order valence-electron chi connectivity index (χ0n) is 11.9. The van der Waals surface area contributed by atoms with Crippen molar-refractivity contribution in [3.05, 3.63) is 0 Å². The molecule has 0 aliphatic carbocycles. The van der Waals surface area contributed by atoms with Crippen LogP contribution in [0.4, 0.5) is 0 Å². The normalized spacial score (nSPS) is 31.4. The standard InChI is InChI=1S/C13H26O4S2/c1-3-4-5-6-7-8-9-18(15)13-11(2)19(16,17)10-12(13)14/h11-14H,3-10H2,1-2H3. The number of aliphatic hydroxyl groups excluding tert-OH is 1. The van der Waals surface area contributed by atoms with Gasteiger partial charge in [0.05, 0.1) is 22.4 Å². The third kappa shape index (κ3) is 4.83. The molecular weight excluding hydrogens is 284 g/mol. The second-order valence-electron chi connectivity index (χ2n) is 5.42. The van der Waals surface area contributed by atoms with Crippen molar-refractivity contribution >= 4 is 20.6 Å². The SMILES string of the molecule is CCCCCCCCS(=O)C1C(O)CS(=O)(=O)C1C. The van der Waals surface area contributed by atoms with E-state index >= 15 is 0 Å². The van der Waals surface area contributed by atoms with Gasteiger partial charge in [0.2, 0.25) is 0 Å². The maximum Gasteiger partial charge on any atom is 0.156 e. The summed E-state index contributed by atoms with van der Waals surface area (Å²) in [6.45, 7) is 3.73. The van der Waals surface area contributed by atoms with Gasteiger partial charge in [0.1, 0.15) is 0 Å². The van der Waals surface area contributed by atoms with Crippen molar-refractivity contribution in [3.8, 4) is 0 Å². The third-order valence-electron chi connectivity index (χ3n) is 3.81. The number of unbranched alkanes of at least 4 members (excludes halogenated alkanes) is 5. The summed E-state index contributed by atoms with van der Waals surface area (Å²) in [5.41, 5.74) is 0. The first kappa shape index (κ1) is 17.1. The third-order valence-corrected chi connectivity index (χ3v) is 8.24. The predicted octanol–water partition coefficient (Wildman–Crippen LogP) is 1.64. The molecule has 6 heteroatoms. The van der Waals surface area contributed by atoms with Gasteiger partial charge < -0.3 is 5.11 Å². The monoisotopic (exact) mass is 310 g/mol. The van der Waals surface area contributed by atoms with Crippen LogP contribution < -0.4 is 0 Å². The van der Waals surface area contributed by atoms with E-state index in [4.69, 9.17) is 0 Å². The van der Waals surface area contributed by atoms with Gasteiger partial charge in [-0.1, -0.05) is 39.0 Å². The second-order valence-corrected chi connectivity index (χ2v) is 9.54. The van der Waals surface area contributed by atoms with E-state index in [2.05, 4.69) is 6.92 Å². The van der Waals surface area contributed by atoms with Crippen LogP contribution in [0.1, 0.15) is 52.4 Å². The molecule has 0 radical (unpaired) electrons. The van der Waals surface area contributed by atoms with Gasteiger partial charge in [-0.25, -0.2) is 8.42 Å². The molecule has 4 nitrogen and oxygen atoms in total. The Labute approximate surface area is 119 Å². The van der Waals surface area contributed by atoms with Gasteiger partial charge in [0.15, 0.2) is 9.84 Å². The Morgan fingerprint density at radius 1 is 1.16 bits per heavy atom. The van der Waals surface area contributed by atoms with Crippen molar-refractivity contribution in [1.29, 1.82) is 0 Å². The Morgan fingerprint density at radius 2 is 1.74 bits per heavy atom. The first-order valence-electron chi connectivity index (χ1n) is 7.17. The zero-order valence-corrected chi connectivity index (χ0v) is 13.5. The van der Waals surface area contributed by atoms with E-state index in [0.717, 1.165) is 19.3 Å². The first-order valence-corrected chi connectivity index (χ1v) is 10.3. The number of sulfone groups is 1. The van der Waals surface area contributed by atoms with Gasteiger partial charge in [-0.3, -0.25) is 4.21 Å². The zero-order chi connectivity index (χ0) is 14.5. The lowest BCUT2D eigenvalue weighted by Gasteiger charge is -2.16. The van der Waals surface area contributed by atoms with E-state index in [1.165, 1.54) is 19.3 Å². The molecule has 0 saturated carbocycles. The predicted molar refractivity (Wildman–Crippen MR) is 79.4 cm³/mol. The lowest BCUT2D eigenvalue weighted by Crippen LogP contribution is -2.35. The van der Waals surface area contributed by atoms with Crippen LogP contribution in [0.25, 0.3) is 0 Å². The molecule has 0 aromatic carbocycles. The minimum absolute atomic E-state index is 0.235. The molecule has 0 spiro atoms. The van der Waals surface area contributed by atoms with Crippen LogP contribution in [0.5, 0.6) is 0 Å². The van der Waals surface area contributed by atoms with Gasteiger partial charge in [-0.05, 0) is 13.3 Å². The molecule has 4 atom stereocenters. The Hall–Kier alpha value is 0.0600. The van der Waals surface area contributed by atoms with Crippen molar-refractivity contribution in [2.24, 2.45) is 0 Å². The first-order chi connectivity index (χ1) is 8.90. The highest BCUT2D eigenvalue weighted by atomic mass is 32.2. The maximum absolute atomic E-state index is 12.1. The molecule has 1 saturated heterocycles. The largest absolute Gasteiger partial charge is 0.391 e. The Balaban J connectivity index is 2.34. The lowest BCUT2D eigenvalue weighted by molar-refractivity contribution is 0.201. The molecule has 19 heavy (non-hydrogen) atoms. The Kier molecular flexibility index (Phi) is 6.97. The molecular formula is C13H26O4S2. The fourth-order valence-electron chi connectivity index (χ4n) is 2.55. The van der Waals surface area contributed by atoms with E-state index < -0.39 is 37.2 Å². The van der Waals surface area contributed by atoms with E-state index in [1.54, 1.807) is 6.92 Å². The van der Waals surface area contributed by atoms with E-state index in [9.17, 15) is 17.7 Å². The number of rotatable bonds is 8. The number of hydrogen-bond acceptors (Lipinski definition) is 4. The molecule has 4 unspecified atom stereocenters. The molecule has 0 amide bonds. The van der Waals surface area contributed by atoms with E-state index in [1.807, 2.05) is 0 Å². The summed E-state index contributed by atoms with van der Waals surface area (Å²) in [4.78, 5) is 0. The fraction of sp³-hybridized carbons (Fsp3) is 1.00. The van der Waals surface area contributed by atoms with Crippen molar-refractivity contribution in [1.82, 2.24) is 0 Å². The number of hydrogen-bond donors (Lipinski definition) is 1. The summed E-state index contributed by atoms with van der Waals surface area (Å²) in [7, 11) is -4.49. The second kappa shape index (κ2) is 7.74. The highest BCUT2D eigenvalue weighted by Gasteiger charge is 2.46. The van der Waals surface area contributed by atoms with Crippen LogP contribution in [0, 0.1) is 0 Å². The van der Waals surface area contributed by atoms with Gasteiger partial charge in [0.25, 0.3) is 0 Å². The highest BCUT2D eigenvalue weighted by molar-refractivity contribution is 7.94. The van der Waals surface area contributed by atoms with Crippen molar-refractivity contribution in [2.75, 3.05) is 11.5 Å². The quantitative estimate of drug-likeness (QED) is 0.692. The van der Waals surface area contributed by atoms with Crippen LogP contribution in [0.2, 0.25) is 0 Å². The Bertz CT molecular complexity index is 391. The van der Waals surface area contributed by atoms with Crippen LogP contribution in [-0.2, 0) is 20.6 Å². The van der Waals surface area contributed by atoms with Crippen LogP contribution in [-0.4, -0.2) is 45.8 Å². The minimum Gasteiger partial charge on any atom is -0.391 e. The minimum atomic E-state index is -3.25.